The van der Waals surface area contributed by atoms with Crippen LogP contribution in [0.25, 0.3) is 0 Å². The Hall–Kier alpha value is -3.09. The molecular weight excluding hydrogens is 397 g/mol. The normalized spacial score (nSPS) is 18.8. The van der Waals surface area contributed by atoms with Crippen LogP contribution in [0.5, 0.6) is 5.75 Å². The Kier molecular flexibility index (Phi) is 6.39. The van der Waals surface area contributed by atoms with E-state index in [0.29, 0.717) is 39.0 Å². The average Bonchev–Trinajstić information content (AvgIpc) is 2.82. The molecule has 4 rings (SSSR count). The van der Waals surface area contributed by atoms with Gasteiger partial charge in [-0.3, -0.25) is 9.69 Å². The highest BCUT2D eigenvalue weighted by atomic mass is 19.1. The number of likely N-dealkylation sites (tertiary alicyclic amines) is 1. The van der Waals surface area contributed by atoms with Crippen molar-refractivity contribution in [2.75, 3.05) is 24.5 Å². The SMILES string of the molecule is CC[C@@H]1CN(C(=O)N2CCC(C(=O)NCc3ccc(F)cc3)CC2)c2ccccc2O1. The van der Waals surface area contributed by atoms with Gasteiger partial charge in [0.1, 0.15) is 17.7 Å². The molecular formula is C24H28FN3O3. The zero-order valence-electron chi connectivity index (χ0n) is 17.7. The topological polar surface area (TPSA) is 61.9 Å². The van der Waals surface area contributed by atoms with Crippen molar-refractivity contribution < 1.29 is 18.7 Å². The third kappa shape index (κ3) is 4.81. The van der Waals surface area contributed by atoms with Gasteiger partial charge in [-0.25, -0.2) is 9.18 Å². The lowest BCUT2D eigenvalue weighted by Gasteiger charge is -2.39. The molecule has 2 heterocycles. The van der Waals surface area contributed by atoms with E-state index in [2.05, 4.69) is 12.2 Å². The van der Waals surface area contributed by atoms with Crippen LogP contribution in [0.15, 0.2) is 48.5 Å². The summed E-state index contributed by atoms with van der Waals surface area (Å²) < 4.78 is 19.0. The van der Waals surface area contributed by atoms with Crippen molar-refractivity contribution in [3.8, 4) is 5.75 Å². The van der Waals surface area contributed by atoms with Crippen LogP contribution >= 0.6 is 0 Å². The molecule has 0 radical (unpaired) electrons. The van der Waals surface area contributed by atoms with Crippen molar-refractivity contribution >= 4 is 17.6 Å². The molecule has 0 bridgehead atoms. The van der Waals surface area contributed by atoms with E-state index in [1.54, 1.807) is 12.1 Å². The summed E-state index contributed by atoms with van der Waals surface area (Å²) in [5, 5.41) is 2.93. The standard InChI is InChI=1S/C24H28FN3O3/c1-2-20-16-28(21-5-3-4-6-22(21)31-20)24(30)27-13-11-18(12-14-27)23(29)26-15-17-7-9-19(25)10-8-17/h3-10,18,20H,2,11-16H2,1H3,(H,26,29)/t20-/m1/s1. The Bertz CT molecular complexity index is 926. The highest BCUT2D eigenvalue weighted by Gasteiger charge is 2.34. The minimum Gasteiger partial charge on any atom is -0.486 e. The number of hydrogen-bond donors (Lipinski definition) is 1. The Morgan fingerprint density at radius 3 is 2.52 bits per heavy atom. The van der Waals surface area contributed by atoms with Crippen LogP contribution in [0.1, 0.15) is 31.7 Å². The predicted octanol–water partition coefficient (Wildman–Crippen LogP) is 3.95. The van der Waals surface area contributed by atoms with E-state index < -0.39 is 0 Å². The fraction of sp³-hybridized carbons (Fsp3) is 0.417. The van der Waals surface area contributed by atoms with Gasteiger partial charge in [-0.05, 0) is 49.1 Å². The van der Waals surface area contributed by atoms with Gasteiger partial charge in [0.25, 0.3) is 0 Å². The molecule has 0 saturated carbocycles. The van der Waals surface area contributed by atoms with E-state index in [9.17, 15) is 14.0 Å². The Morgan fingerprint density at radius 1 is 1.10 bits per heavy atom. The molecule has 1 atom stereocenters. The van der Waals surface area contributed by atoms with Crippen LogP contribution in [0.4, 0.5) is 14.9 Å². The molecule has 0 spiro atoms. The van der Waals surface area contributed by atoms with E-state index in [1.165, 1.54) is 12.1 Å². The maximum Gasteiger partial charge on any atom is 0.324 e. The maximum absolute atomic E-state index is 13.3. The van der Waals surface area contributed by atoms with Gasteiger partial charge in [0.05, 0.1) is 12.2 Å². The van der Waals surface area contributed by atoms with Gasteiger partial charge < -0.3 is 15.0 Å². The molecule has 0 unspecified atom stereocenters. The minimum atomic E-state index is -0.291. The summed E-state index contributed by atoms with van der Waals surface area (Å²) in [5.41, 5.74) is 1.66. The third-order valence-electron chi connectivity index (χ3n) is 6.04. The van der Waals surface area contributed by atoms with E-state index >= 15 is 0 Å². The summed E-state index contributed by atoms with van der Waals surface area (Å²) in [7, 11) is 0. The zero-order valence-corrected chi connectivity index (χ0v) is 17.7. The lowest BCUT2D eigenvalue weighted by atomic mass is 9.96. The molecule has 0 aromatic heterocycles. The summed E-state index contributed by atoms with van der Waals surface area (Å²) in [4.78, 5) is 29.4. The van der Waals surface area contributed by atoms with Crippen LogP contribution < -0.4 is 15.0 Å². The summed E-state index contributed by atoms with van der Waals surface area (Å²) in [6, 6.07) is 13.7. The number of nitrogens with one attached hydrogen (secondary N) is 1. The molecule has 2 aromatic rings. The van der Waals surface area contributed by atoms with E-state index in [0.717, 1.165) is 23.4 Å². The molecule has 2 aromatic carbocycles. The molecule has 31 heavy (non-hydrogen) atoms. The van der Waals surface area contributed by atoms with Crippen molar-refractivity contribution in [1.29, 1.82) is 0 Å². The fourth-order valence-electron chi connectivity index (χ4n) is 4.13. The number of anilines is 1. The lowest BCUT2D eigenvalue weighted by Crippen LogP contribution is -2.52. The molecule has 7 heteroatoms. The van der Waals surface area contributed by atoms with Crippen molar-refractivity contribution in [1.82, 2.24) is 10.2 Å². The molecule has 2 aliphatic heterocycles. The highest BCUT2D eigenvalue weighted by Crippen LogP contribution is 2.35. The number of ether oxygens (including phenoxy) is 1. The Balaban J connectivity index is 1.32. The quantitative estimate of drug-likeness (QED) is 0.807. The highest BCUT2D eigenvalue weighted by molar-refractivity contribution is 5.94. The fourth-order valence-corrected chi connectivity index (χ4v) is 4.13. The van der Waals surface area contributed by atoms with Crippen LogP contribution in [0.2, 0.25) is 0 Å². The molecule has 164 valence electrons. The monoisotopic (exact) mass is 425 g/mol. The first-order chi connectivity index (χ1) is 15.0. The summed E-state index contributed by atoms with van der Waals surface area (Å²) in [5.74, 6) is 0.313. The summed E-state index contributed by atoms with van der Waals surface area (Å²) >= 11 is 0. The van der Waals surface area contributed by atoms with Gasteiger partial charge in [-0.15, -0.1) is 0 Å². The lowest BCUT2D eigenvalue weighted by molar-refractivity contribution is -0.126. The number of benzene rings is 2. The van der Waals surface area contributed by atoms with Crippen LogP contribution in [-0.2, 0) is 11.3 Å². The van der Waals surface area contributed by atoms with Gasteiger partial charge in [0.2, 0.25) is 5.91 Å². The minimum absolute atomic E-state index is 0.0146. The van der Waals surface area contributed by atoms with Crippen molar-refractivity contribution in [3.63, 3.8) is 0 Å². The van der Waals surface area contributed by atoms with Gasteiger partial charge in [0.15, 0.2) is 0 Å². The van der Waals surface area contributed by atoms with Gasteiger partial charge in [-0.2, -0.15) is 0 Å². The average molecular weight is 426 g/mol. The predicted molar refractivity (Wildman–Crippen MR) is 116 cm³/mol. The number of para-hydroxylation sites is 2. The molecule has 1 fully saturated rings. The number of rotatable bonds is 4. The van der Waals surface area contributed by atoms with Crippen LogP contribution in [0.3, 0.4) is 0 Å². The third-order valence-corrected chi connectivity index (χ3v) is 6.04. The first-order valence-electron chi connectivity index (χ1n) is 10.9. The maximum atomic E-state index is 13.3. The number of halogens is 1. The number of fused-ring (bicyclic) bond motifs is 1. The van der Waals surface area contributed by atoms with E-state index in [1.807, 2.05) is 34.1 Å². The first-order valence-corrected chi connectivity index (χ1v) is 10.9. The molecule has 1 saturated heterocycles. The second kappa shape index (κ2) is 9.37. The number of amides is 3. The molecule has 1 N–H and O–H groups in total. The number of urea groups is 1. The second-order valence-electron chi connectivity index (χ2n) is 8.11. The first kappa shape index (κ1) is 21.2. The summed E-state index contributed by atoms with van der Waals surface area (Å²) in [6.07, 6.45) is 2.07. The Morgan fingerprint density at radius 2 is 1.81 bits per heavy atom. The second-order valence-corrected chi connectivity index (χ2v) is 8.11. The van der Waals surface area contributed by atoms with Gasteiger partial charge in [0, 0.05) is 25.6 Å². The smallest absolute Gasteiger partial charge is 0.324 e. The van der Waals surface area contributed by atoms with Gasteiger partial charge >= 0.3 is 6.03 Å². The number of carbonyl (C=O) groups excluding carboxylic acids is 2. The Labute approximate surface area is 182 Å². The molecule has 0 aliphatic carbocycles. The molecule has 6 nitrogen and oxygen atoms in total. The van der Waals surface area contributed by atoms with E-state index in [-0.39, 0.29) is 29.8 Å². The summed E-state index contributed by atoms with van der Waals surface area (Å²) in [6.45, 7) is 4.05. The number of nitrogens with zero attached hydrogens (tertiary/aromatic N) is 2. The molecule has 3 amide bonds. The number of hydrogen-bond acceptors (Lipinski definition) is 3. The van der Waals surface area contributed by atoms with Crippen molar-refractivity contribution in [2.45, 2.75) is 38.8 Å². The zero-order chi connectivity index (χ0) is 21.8. The van der Waals surface area contributed by atoms with E-state index in [4.69, 9.17) is 4.74 Å². The molecule has 2 aliphatic rings. The number of piperidine rings is 1. The van der Waals surface area contributed by atoms with Crippen LogP contribution in [0, 0.1) is 11.7 Å². The van der Waals surface area contributed by atoms with Crippen molar-refractivity contribution in [2.24, 2.45) is 5.92 Å². The van der Waals surface area contributed by atoms with Crippen molar-refractivity contribution in [3.05, 3.63) is 59.9 Å². The van der Waals surface area contributed by atoms with Gasteiger partial charge in [-0.1, -0.05) is 31.2 Å². The number of carbonyl (C=O) groups is 2. The largest absolute Gasteiger partial charge is 0.486 e. The van der Waals surface area contributed by atoms with Crippen LogP contribution in [-0.4, -0.2) is 42.6 Å².